The highest BCUT2D eigenvalue weighted by Gasteiger charge is 2.63. The normalized spacial score (nSPS) is 31.9. The van der Waals surface area contributed by atoms with Gasteiger partial charge in [0.2, 0.25) is 0 Å². The maximum absolute atomic E-state index is 13.0. The van der Waals surface area contributed by atoms with Crippen LogP contribution in [0.4, 0.5) is 0 Å². The second-order valence-corrected chi connectivity index (χ2v) is 8.99. The molecule has 0 aromatic heterocycles. The largest absolute Gasteiger partial charge is 0.460 e. The molecular weight excluding hydrogens is 342 g/mol. The molecule has 4 rings (SSSR count). The van der Waals surface area contributed by atoms with Gasteiger partial charge in [-0.3, -0.25) is 14.5 Å². The first-order valence-corrected chi connectivity index (χ1v) is 9.89. The fourth-order valence-corrected chi connectivity index (χ4v) is 5.47. The average Bonchev–Trinajstić information content (AvgIpc) is 3.10. The second kappa shape index (κ2) is 5.91. The van der Waals surface area contributed by atoms with Crippen LogP contribution in [0.2, 0.25) is 0 Å². The summed E-state index contributed by atoms with van der Waals surface area (Å²) in [7, 11) is 0. The van der Waals surface area contributed by atoms with Gasteiger partial charge in [0.05, 0.1) is 11.1 Å². The number of esters is 1. The zero-order valence-electron chi connectivity index (χ0n) is 16.5. The Morgan fingerprint density at radius 3 is 2.22 bits per heavy atom. The van der Waals surface area contributed by atoms with Crippen LogP contribution in [0.15, 0.2) is 24.3 Å². The van der Waals surface area contributed by atoms with Gasteiger partial charge in [0, 0.05) is 5.41 Å². The fourth-order valence-electron chi connectivity index (χ4n) is 5.47. The molecule has 4 atom stereocenters. The minimum atomic E-state index is -0.872. The van der Waals surface area contributed by atoms with Gasteiger partial charge in [-0.25, -0.2) is 4.79 Å². The summed E-state index contributed by atoms with van der Waals surface area (Å²) in [4.78, 5) is 39.6. The van der Waals surface area contributed by atoms with Gasteiger partial charge in [-0.05, 0) is 49.1 Å². The summed E-state index contributed by atoms with van der Waals surface area (Å²) < 4.78 is 5.96. The van der Waals surface area contributed by atoms with Gasteiger partial charge in [-0.2, -0.15) is 0 Å². The van der Waals surface area contributed by atoms with Crippen LogP contribution in [0.25, 0.3) is 0 Å². The molecule has 3 aliphatic rings. The van der Waals surface area contributed by atoms with Crippen LogP contribution in [-0.4, -0.2) is 34.8 Å². The van der Waals surface area contributed by atoms with E-state index < -0.39 is 23.8 Å². The number of ether oxygens (including phenoxy) is 1. The van der Waals surface area contributed by atoms with Crippen molar-refractivity contribution in [1.29, 1.82) is 0 Å². The minimum Gasteiger partial charge on any atom is -0.460 e. The molecular formula is C22H27NO4. The minimum absolute atomic E-state index is 0.0480. The lowest BCUT2D eigenvalue weighted by atomic mass is 9.70. The number of hydrogen-bond acceptors (Lipinski definition) is 4. The van der Waals surface area contributed by atoms with Crippen molar-refractivity contribution in [3.8, 4) is 0 Å². The molecule has 1 aromatic rings. The highest BCUT2D eigenvalue weighted by molar-refractivity contribution is 6.22. The Hall–Kier alpha value is -2.17. The lowest BCUT2D eigenvalue weighted by molar-refractivity contribution is -0.161. The van der Waals surface area contributed by atoms with E-state index in [1.165, 1.54) is 6.42 Å². The summed E-state index contributed by atoms with van der Waals surface area (Å²) in [6.07, 6.45) is 3.29. The molecule has 1 aliphatic heterocycles. The number of fused-ring (bicyclic) bond motifs is 3. The van der Waals surface area contributed by atoms with Crippen molar-refractivity contribution in [1.82, 2.24) is 4.90 Å². The topological polar surface area (TPSA) is 63.7 Å². The van der Waals surface area contributed by atoms with Gasteiger partial charge in [-0.1, -0.05) is 39.8 Å². The first-order chi connectivity index (χ1) is 12.7. The molecule has 2 aliphatic carbocycles. The monoisotopic (exact) mass is 369 g/mol. The van der Waals surface area contributed by atoms with Crippen molar-refractivity contribution in [2.45, 2.75) is 65.5 Å². The van der Waals surface area contributed by atoms with Gasteiger partial charge in [0.15, 0.2) is 0 Å². The summed E-state index contributed by atoms with van der Waals surface area (Å²) in [5.41, 5.74) is 0.812. The molecule has 5 nitrogen and oxygen atoms in total. The predicted molar refractivity (Wildman–Crippen MR) is 100 cm³/mol. The number of hydrogen-bond donors (Lipinski definition) is 0. The van der Waals surface area contributed by atoms with Crippen LogP contribution in [-0.2, 0) is 9.53 Å². The van der Waals surface area contributed by atoms with Crippen LogP contribution in [0.5, 0.6) is 0 Å². The third-order valence-electron chi connectivity index (χ3n) is 7.77. The summed E-state index contributed by atoms with van der Waals surface area (Å²) >= 11 is 0. The van der Waals surface area contributed by atoms with E-state index in [1.54, 1.807) is 24.3 Å². The zero-order chi connectivity index (χ0) is 19.6. The van der Waals surface area contributed by atoms with Gasteiger partial charge < -0.3 is 4.74 Å². The van der Waals surface area contributed by atoms with E-state index in [0.29, 0.717) is 23.5 Å². The lowest BCUT2D eigenvalue weighted by Gasteiger charge is -2.39. The van der Waals surface area contributed by atoms with Crippen LogP contribution in [0.1, 0.15) is 74.1 Å². The van der Waals surface area contributed by atoms with Crippen molar-refractivity contribution in [3.63, 3.8) is 0 Å². The van der Waals surface area contributed by atoms with Crippen LogP contribution in [0.3, 0.4) is 0 Å². The molecule has 1 heterocycles. The molecule has 27 heavy (non-hydrogen) atoms. The molecule has 2 fully saturated rings. The van der Waals surface area contributed by atoms with E-state index in [0.717, 1.165) is 17.7 Å². The Balaban J connectivity index is 1.56. The van der Waals surface area contributed by atoms with E-state index in [1.807, 2.05) is 6.92 Å². The molecule has 0 N–H and O–H groups in total. The fraction of sp³-hybridized carbons (Fsp3) is 0.591. The van der Waals surface area contributed by atoms with E-state index in [4.69, 9.17) is 4.74 Å². The van der Waals surface area contributed by atoms with Crippen molar-refractivity contribution in [2.75, 3.05) is 0 Å². The molecule has 0 saturated heterocycles. The third-order valence-corrected chi connectivity index (χ3v) is 7.77. The predicted octanol–water partition coefficient (Wildman–Crippen LogP) is 3.82. The molecule has 0 radical (unpaired) electrons. The first kappa shape index (κ1) is 18.2. The molecule has 144 valence electrons. The number of nitrogens with zero attached hydrogens (tertiary/aromatic N) is 1. The summed E-state index contributed by atoms with van der Waals surface area (Å²) in [5, 5.41) is 0. The molecule has 0 unspecified atom stereocenters. The Morgan fingerprint density at radius 1 is 1.19 bits per heavy atom. The Bertz CT molecular complexity index is 794. The number of carbonyl (C=O) groups excluding carboxylic acids is 3. The van der Waals surface area contributed by atoms with E-state index in [2.05, 4.69) is 20.8 Å². The smallest absolute Gasteiger partial charge is 0.329 e. The van der Waals surface area contributed by atoms with Crippen molar-refractivity contribution in [2.24, 2.45) is 16.7 Å². The Kier molecular flexibility index (Phi) is 3.99. The molecule has 5 heteroatoms. The van der Waals surface area contributed by atoms with Crippen molar-refractivity contribution in [3.05, 3.63) is 35.4 Å². The second-order valence-electron chi connectivity index (χ2n) is 8.99. The van der Waals surface area contributed by atoms with Crippen LogP contribution >= 0.6 is 0 Å². The van der Waals surface area contributed by atoms with E-state index in [-0.39, 0.29) is 16.9 Å². The van der Waals surface area contributed by atoms with E-state index >= 15 is 0 Å². The Morgan fingerprint density at radius 2 is 1.78 bits per heavy atom. The maximum atomic E-state index is 13.0. The van der Waals surface area contributed by atoms with Crippen LogP contribution < -0.4 is 0 Å². The lowest BCUT2D eigenvalue weighted by Crippen LogP contribution is -2.48. The van der Waals surface area contributed by atoms with Crippen LogP contribution in [0, 0.1) is 16.7 Å². The third kappa shape index (κ3) is 2.33. The number of rotatable bonds is 4. The van der Waals surface area contributed by atoms with Crippen molar-refractivity contribution < 1.29 is 19.1 Å². The van der Waals surface area contributed by atoms with Gasteiger partial charge >= 0.3 is 5.97 Å². The zero-order valence-corrected chi connectivity index (χ0v) is 16.5. The molecule has 2 amide bonds. The SMILES string of the molecule is CC[C@H](C(=O)O[C@@H]1C[C@@H]2CC[C@@]1(C)C2(C)C)N1C(=O)c2ccccc2C1=O. The van der Waals surface area contributed by atoms with Gasteiger partial charge in [0.1, 0.15) is 12.1 Å². The van der Waals surface area contributed by atoms with E-state index in [9.17, 15) is 14.4 Å². The van der Waals surface area contributed by atoms with Crippen molar-refractivity contribution >= 4 is 17.8 Å². The standard InChI is InChI=1S/C22H27NO4/c1-5-16(23-18(24)14-8-6-7-9-15(14)19(23)25)20(26)27-17-12-13-10-11-22(17,4)21(13,2)3/h6-9,13,16-17H,5,10-12H2,1-4H3/t13-,16+,17+,22+/m0/s1. The molecule has 2 saturated carbocycles. The van der Waals surface area contributed by atoms with Gasteiger partial charge in [-0.15, -0.1) is 0 Å². The summed E-state index contributed by atoms with van der Waals surface area (Å²) in [6.45, 7) is 8.54. The number of benzene rings is 1. The highest BCUT2D eigenvalue weighted by Crippen LogP contribution is 2.66. The number of amides is 2. The summed E-state index contributed by atoms with van der Waals surface area (Å²) in [6, 6.07) is 5.85. The maximum Gasteiger partial charge on any atom is 0.329 e. The average molecular weight is 369 g/mol. The first-order valence-electron chi connectivity index (χ1n) is 9.89. The summed E-state index contributed by atoms with van der Waals surface area (Å²) in [5.74, 6) is -0.709. The molecule has 2 bridgehead atoms. The quantitative estimate of drug-likeness (QED) is 0.598. The van der Waals surface area contributed by atoms with Gasteiger partial charge in [0.25, 0.3) is 11.8 Å². The Labute approximate surface area is 160 Å². The number of imide groups is 1. The number of carbonyl (C=O) groups is 3. The molecule has 0 spiro atoms. The molecule has 1 aromatic carbocycles. The highest BCUT2D eigenvalue weighted by atomic mass is 16.5.